The smallest absolute Gasteiger partial charge is 0.205 e. The Hall–Kier alpha value is -2.76. The number of aryl methyl sites for hydroxylation is 1. The molecule has 29 heavy (non-hydrogen) atoms. The second-order valence-corrected chi connectivity index (χ2v) is 8.66. The molecule has 0 amide bonds. The van der Waals surface area contributed by atoms with Crippen molar-refractivity contribution in [1.82, 2.24) is 9.97 Å². The number of carbonyl (C=O) groups is 1. The first-order chi connectivity index (χ1) is 14.1. The van der Waals surface area contributed by atoms with E-state index in [1.54, 1.807) is 30.5 Å². The van der Waals surface area contributed by atoms with Crippen LogP contribution in [0.4, 0.5) is 5.69 Å². The van der Waals surface area contributed by atoms with Crippen molar-refractivity contribution in [3.8, 4) is 11.1 Å². The van der Waals surface area contributed by atoms with E-state index in [4.69, 9.17) is 22.3 Å². The number of benzene rings is 1. The maximum absolute atomic E-state index is 13.2. The molecule has 0 bridgehead atoms. The molecule has 144 valence electrons. The van der Waals surface area contributed by atoms with Gasteiger partial charge in [0.05, 0.1) is 5.69 Å². The van der Waals surface area contributed by atoms with E-state index in [0.717, 1.165) is 52.7 Å². The zero-order valence-electron chi connectivity index (χ0n) is 15.6. The zero-order valence-corrected chi connectivity index (χ0v) is 17.2. The Bertz CT molecular complexity index is 1230. The molecule has 0 saturated carbocycles. The van der Waals surface area contributed by atoms with Crippen LogP contribution < -0.4 is 5.73 Å². The number of nitrogens with two attached hydrogens (primary N) is 1. The number of halogens is 1. The molecule has 5 rings (SSSR count). The fourth-order valence-corrected chi connectivity index (χ4v) is 5.25. The molecule has 3 heterocycles. The maximum atomic E-state index is 13.2. The number of hydrogen-bond donors (Lipinski definition) is 1. The summed E-state index contributed by atoms with van der Waals surface area (Å²) in [5, 5.41) is 1.47. The van der Waals surface area contributed by atoms with Gasteiger partial charge in [-0.2, -0.15) is 0 Å². The van der Waals surface area contributed by atoms with E-state index >= 15 is 0 Å². The second kappa shape index (κ2) is 7.25. The quantitative estimate of drug-likeness (QED) is 0.432. The summed E-state index contributed by atoms with van der Waals surface area (Å²) >= 11 is 7.34. The number of hydrogen-bond acceptors (Lipinski definition) is 5. The van der Waals surface area contributed by atoms with Crippen molar-refractivity contribution in [2.75, 3.05) is 5.73 Å². The van der Waals surface area contributed by atoms with Crippen LogP contribution in [-0.4, -0.2) is 15.8 Å². The van der Waals surface area contributed by atoms with E-state index in [9.17, 15) is 4.79 Å². The highest BCUT2D eigenvalue weighted by atomic mass is 35.5. The number of pyridine rings is 2. The first kappa shape index (κ1) is 18.3. The van der Waals surface area contributed by atoms with Crippen LogP contribution >= 0.6 is 22.9 Å². The molecule has 3 aromatic heterocycles. The van der Waals surface area contributed by atoms with Crippen LogP contribution in [0, 0.1) is 0 Å². The topological polar surface area (TPSA) is 68.9 Å². The number of thiophene rings is 1. The van der Waals surface area contributed by atoms with Gasteiger partial charge in [-0.15, -0.1) is 11.3 Å². The first-order valence-electron chi connectivity index (χ1n) is 9.58. The fraction of sp³-hybridized carbons (Fsp3) is 0.174. The molecule has 0 aliphatic heterocycles. The van der Waals surface area contributed by atoms with Gasteiger partial charge in [0.25, 0.3) is 0 Å². The van der Waals surface area contributed by atoms with Crippen LogP contribution in [0.1, 0.15) is 39.3 Å². The van der Waals surface area contributed by atoms with Crippen LogP contribution in [0.25, 0.3) is 21.3 Å². The summed E-state index contributed by atoms with van der Waals surface area (Å²) in [6.07, 6.45) is 7.82. The molecule has 1 aromatic carbocycles. The predicted molar refractivity (Wildman–Crippen MR) is 119 cm³/mol. The molecule has 0 fully saturated rings. The maximum Gasteiger partial charge on any atom is 0.205 e. The summed E-state index contributed by atoms with van der Waals surface area (Å²) in [7, 11) is 0. The Morgan fingerprint density at radius 1 is 1.10 bits per heavy atom. The van der Waals surface area contributed by atoms with Crippen molar-refractivity contribution in [2.24, 2.45) is 0 Å². The van der Waals surface area contributed by atoms with Crippen LogP contribution in [0.2, 0.25) is 5.02 Å². The van der Waals surface area contributed by atoms with Gasteiger partial charge in [0, 0.05) is 45.2 Å². The average molecular weight is 420 g/mol. The van der Waals surface area contributed by atoms with E-state index in [-0.39, 0.29) is 5.78 Å². The van der Waals surface area contributed by atoms with Gasteiger partial charge in [0.1, 0.15) is 9.71 Å². The Balaban J connectivity index is 1.76. The number of carbonyl (C=O) groups excluding carboxylic acids is 1. The Kier molecular flexibility index (Phi) is 4.57. The highest BCUT2D eigenvalue weighted by Crippen LogP contribution is 2.44. The lowest BCUT2D eigenvalue weighted by molar-refractivity contribution is 0.104. The van der Waals surface area contributed by atoms with Gasteiger partial charge in [0.2, 0.25) is 5.78 Å². The highest BCUT2D eigenvalue weighted by molar-refractivity contribution is 7.21. The predicted octanol–water partition coefficient (Wildman–Crippen LogP) is 5.70. The normalized spacial score (nSPS) is 13.4. The first-order valence-corrected chi connectivity index (χ1v) is 10.8. The Morgan fingerprint density at radius 2 is 1.90 bits per heavy atom. The number of ketones is 1. The largest absolute Gasteiger partial charge is 0.397 e. The fourth-order valence-electron chi connectivity index (χ4n) is 4.04. The molecule has 4 aromatic rings. The molecule has 4 nitrogen and oxygen atoms in total. The van der Waals surface area contributed by atoms with E-state index < -0.39 is 0 Å². The van der Waals surface area contributed by atoms with Crippen LogP contribution in [-0.2, 0) is 12.8 Å². The number of nitrogen functional groups attached to an aromatic ring is 1. The van der Waals surface area contributed by atoms with E-state index in [0.29, 0.717) is 21.2 Å². The van der Waals surface area contributed by atoms with Gasteiger partial charge in [0.15, 0.2) is 0 Å². The third-order valence-electron chi connectivity index (χ3n) is 5.42. The highest BCUT2D eigenvalue weighted by Gasteiger charge is 2.26. The second-order valence-electron chi connectivity index (χ2n) is 7.22. The SMILES string of the molecule is Nc1c(C(=O)c2ccc(Cl)cc2)sc2nc3c(c(-c4cccnc4)c12)CCCC3. The van der Waals surface area contributed by atoms with Crippen molar-refractivity contribution in [3.05, 3.63) is 75.5 Å². The Labute approximate surface area is 177 Å². The standard InChI is InChI=1S/C23H18ClN3OS/c24-15-9-7-13(8-10-15)21(28)22-20(25)19-18(14-4-3-11-26-12-14)16-5-1-2-6-17(16)27-23(19)29-22/h3-4,7-12H,1-2,5-6,25H2. The molecule has 0 radical (unpaired) electrons. The molecular weight excluding hydrogens is 402 g/mol. The van der Waals surface area contributed by atoms with Gasteiger partial charge in [-0.3, -0.25) is 9.78 Å². The minimum Gasteiger partial charge on any atom is -0.397 e. The van der Waals surface area contributed by atoms with Crippen molar-refractivity contribution in [3.63, 3.8) is 0 Å². The molecular formula is C23H18ClN3OS. The summed E-state index contributed by atoms with van der Waals surface area (Å²) in [6.45, 7) is 0. The Morgan fingerprint density at radius 3 is 2.66 bits per heavy atom. The van der Waals surface area contributed by atoms with Crippen molar-refractivity contribution >= 4 is 44.6 Å². The summed E-state index contributed by atoms with van der Waals surface area (Å²) in [4.78, 5) is 23.7. The van der Waals surface area contributed by atoms with Crippen LogP contribution in [0.15, 0.2) is 48.8 Å². The molecule has 2 N–H and O–H groups in total. The van der Waals surface area contributed by atoms with Gasteiger partial charge >= 0.3 is 0 Å². The van der Waals surface area contributed by atoms with Crippen molar-refractivity contribution in [1.29, 1.82) is 0 Å². The minimum atomic E-state index is -0.0997. The third-order valence-corrected chi connectivity index (χ3v) is 6.77. The molecule has 0 saturated heterocycles. The molecule has 1 aliphatic rings. The lowest BCUT2D eigenvalue weighted by Crippen LogP contribution is -2.08. The molecule has 0 atom stereocenters. The molecule has 0 spiro atoms. The van der Waals surface area contributed by atoms with Crippen LogP contribution in [0.3, 0.4) is 0 Å². The number of nitrogens with zero attached hydrogens (tertiary/aromatic N) is 2. The number of rotatable bonds is 3. The third kappa shape index (κ3) is 3.11. The summed E-state index contributed by atoms with van der Waals surface area (Å²) in [6, 6.07) is 10.9. The monoisotopic (exact) mass is 419 g/mol. The van der Waals surface area contributed by atoms with Crippen LogP contribution in [0.5, 0.6) is 0 Å². The lowest BCUT2D eigenvalue weighted by atomic mass is 9.88. The molecule has 0 unspecified atom stereocenters. The van der Waals surface area contributed by atoms with Gasteiger partial charge < -0.3 is 5.73 Å². The van der Waals surface area contributed by atoms with E-state index in [2.05, 4.69) is 11.1 Å². The number of aromatic nitrogens is 2. The van der Waals surface area contributed by atoms with Crippen molar-refractivity contribution < 1.29 is 4.79 Å². The lowest BCUT2D eigenvalue weighted by Gasteiger charge is -2.20. The minimum absolute atomic E-state index is 0.0997. The number of anilines is 1. The van der Waals surface area contributed by atoms with E-state index in [1.807, 2.05) is 12.3 Å². The van der Waals surface area contributed by atoms with Gasteiger partial charge in [-0.1, -0.05) is 17.7 Å². The van der Waals surface area contributed by atoms with E-state index in [1.165, 1.54) is 16.9 Å². The van der Waals surface area contributed by atoms with Gasteiger partial charge in [-0.05, 0) is 61.6 Å². The average Bonchev–Trinajstić information content (AvgIpc) is 3.08. The number of fused-ring (bicyclic) bond motifs is 2. The summed E-state index contributed by atoms with van der Waals surface area (Å²) < 4.78 is 0. The van der Waals surface area contributed by atoms with Gasteiger partial charge in [-0.25, -0.2) is 4.98 Å². The summed E-state index contributed by atoms with van der Waals surface area (Å²) in [5.74, 6) is -0.0997. The zero-order chi connectivity index (χ0) is 20.0. The molecule has 1 aliphatic carbocycles. The molecule has 6 heteroatoms. The van der Waals surface area contributed by atoms with Crippen molar-refractivity contribution in [2.45, 2.75) is 25.7 Å². The summed E-state index contributed by atoms with van der Waals surface area (Å²) in [5.41, 5.74) is 12.1.